The van der Waals surface area contributed by atoms with E-state index in [9.17, 15) is 4.79 Å². The van der Waals surface area contributed by atoms with Crippen molar-refractivity contribution in [2.75, 3.05) is 13.1 Å². The van der Waals surface area contributed by atoms with Crippen LogP contribution in [0.1, 0.15) is 26.2 Å². The van der Waals surface area contributed by atoms with Gasteiger partial charge in [-0.25, -0.2) is 0 Å². The van der Waals surface area contributed by atoms with Crippen molar-refractivity contribution in [3.05, 3.63) is 12.2 Å². The summed E-state index contributed by atoms with van der Waals surface area (Å²) in [7, 11) is 0. The van der Waals surface area contributed by atoms with Gasteiger partial charge < -0.3 is 10.6 Å². The van der Waals surface area contributed by atoms with Crippen LogP contribution in [0.5, 0.6) is 0 Å². The minimum atomic E-state index is 0.133. The summed E-state index contributed by atoms with van der Waals surface area (Å²) >= 11 is 0. The minimum absolute atomic E-state index is 0.133. The van der Waals surface area contributed by atoms with Crippen molar-refractivity contribution in [1.82, 2.24) is 4.90 Å². The molecule has 0 saturated carbocycles. The molecule has 0 bridgehead atoms. The summed E-state index contributed by atoms with van der Waals surface area (Å²) in [6.07, 6.45) is 6.35. The van der Waals surface area contributed by atoms with Gasteiger partial charge in [-0.05, 0) is 25.3 Å². The summed E-state index contributed by atoms with van der Waals surface area (Å²) in [4.78, 5) is 13.3. The zero-order chi connectivity index (χ0) is 9.68. The van der Waals surface area contributed by atoms with Crippen LogP contribution in [0.3, 0.4) is 0 Å². The van der Waals surface area contributed by atoms with Crippen LogP contribution in [0.25, 0.3) is 0 Å². The molecule has 0 aromatic rings. The van der Waals surface area contributed by atoms with Gasteiger partial charge in [-0.3, -0.25) is 4.79 Å². The molecule has 13 heavy (non-hydrogen) atoms. The zero-order valence-electron chi connectivity index (χ0n) is 8.20. The molecule has 1 fully saturated rings. The Kier molecular flexibility index (Phi) is 3.96. The zero-order valence-corrected chi connectivity index (χ0v) is 8.20. The smallest absolute Gasteiger partial charge is 0.246 e. The quantitative estimate of drug-likeness (QED) is 0.645. The highest BCUT2D eigenvalue weighted by Crippen LogP contribution is 2.08. The van der Waals surface area contributed by atoms with E-state index >= 15 is 0 Å². The van der Waals surface area contributed by atoms with Crippen molar-refractivity contribution in [2.45, 2.75) is 32.2 Å². The SMILES string of the molecule is CC/C=C/C(=O)N1CCC(N)CC1. The van der Waals surface area contributed by atoms with Crippen LogP contribution in [0.2, 0.25) is 0 Å². The molecule has 0 aromatic heterocycles. The fourth-order valence-electron chi connectivity index (χ4n) is 1.44. The first-order valence-corrected chi connectivity index (χ1v) is 4.95. The summed E-state index contributed by atoms with van der Waals surface area (Å²) in [5.41, 5.74) is 5.74. The van der Waals surface area contributed by atoms with E-state index in [1.807, 2.05) is 17.9 Å². The minimum Gasteiger partial charge on any atom is -0.339 e. The molecule has 0 spiro atoms. The molecule has 1 aliphatic rings. The Bertz CT molecular complexity index is 193. The van der Waals surface area contributed by atoms with Crippen molar-refractivity contribution < 1.29 is 4.79 Å². The van der Waals surface area contributed by atoms with Crippen LogP contribution < -0.4 is 5.73 Å². The number of hydrogen-bond acceptors (Lipinski definition) is 2. The predicted octanol–water partition coefficient (Wildman–Crippen LogP) is 0.902. The second-order valence-electron chi connectivity index (χ2n) is 3.47. The van der Waals surface area contributed by atoms with E-state index in [4.69, 9.17) is 5.73 Å². The number of piperidine rings is 1. The molecule has 0 unspecified atom stereocenters. The van der Waals surface area contributed by atoms with E-state index in [1.54, 1.807) is 6.08 Å². The average molecular weight is 182 g/mol. The van der Waals surface area contributed by atoms with Gasteiger partial charge in [0.05, 0.1) is 0 Å². The number of rotatable bonds is 2. The molecule has 1 aliphatic heterocycles. The Balaban J connectivity index is 2.36. The third-order valence-electron chi connectivity index (χ3n) is 2.35. The first-order valence-electron chi connectivity index (χ1n) is 4.95. The molecule has 3 heteroatoms. The lowest BCUT2D eigenvalue weighted by Gasteiger charge is -2.29. The number of carbonyl (C=O) groups is 1. The van der Waals surface area contributed by atoms with Gasteiger partial charge in [0.1, 0.15) is 0 Å². The lowest BCUT2D eigenvalue weighted by Crippen LogP contribution is -2.42. The van der Waals surface area contributed by atoms with Gasteiger partial charge in [0.15, 0.2) is 0 Å². The normalized spacial score (nSPS) is 19.7. The molecule has 0 radical (unpaired) electrons. The number of hydrogen-bond donors (Lipinski definition) is 1. The van der Waals surface area contributed by atoms with Gasteiger partial charge in [-0.2, -0.15) is 0 Å². The Morgan fingerprint density at radius 1 is 1.54 bits per heavy atom. The molecule has 3 nitrogen and oxygen atoms in total. The number of nitrogens with two attached hydrogens (primary N) is 1. The second kappa shape index (κ2) is 5.02. The molecule has 0 aliphatic carbocycles. The molecular weight excluding hydrogens is 164 g/mol. The van der Waals surface area contributed by atoms with E-state index < -0.39 is 0 Å². The monoisotopic (exact) mass is 182 g/mol. The molecule has 1 rings (SSSR count). The van der Waals surface area contributed by atoms with Gasteiger partial charge in [-0.1, -0.05) is 13.0 Å². The fraction of sp³-hybridized carbons (Fsp3) is 0.700. The van der Waals surface area contributed by atoms with Crippen LogP contribution in [-0.2, 0) is 4.79 Å². The molecule has 1 saturated heterocycles. The first kappa shape index (κ1) is 10.3. The Hall–Kier alpha value is -0.830. The maximum absolute atomic E-state index is 11.5. The van der Waals surface area contributed by atoms with E-state index in [-0.39, 0.29) is 5.91 Å². The van der Waals surface area contributed by atoms with Crippen LogP contribution in [-0.4, -0.2) is 29.9 Å². The highest BCUT2D eigenvalue weighted by Gasteiger charge is 2.18. The lowest BCUT2D eigenvalue weighted by molar-refractivity contribution is -0.127. The number of likely N-dealkylation sites (tertiary alicyclic amines) is 1. The van der Waals surface area contributed by atoms with E-state index in [0.29, 0.717) is 6.04 Å². The van der Waals surface area contributed by atoms with Crippen LogP contribution in [0.15, 0.2) is 12.2 Å². The van der Waals surface area contributed by atoms with Gasteiger partial charge >= 0.3 is 0 Å². The maximum Gasteiger partial charge on any atom is 0.246 e. The standard InChI is InChI=1S/C10H18N2O/c1-2-3-4-10(13)12-7-5-9(11)6-8-12/h3-4,9H,2,5-8,11H2,1H3/b4-3+. The van der Waals surface area contributed by atoms with Crippen LogP contribution in [0, 0.1) is 0 Å². The summed E-state index contributed by atoms with van der Waals surface area (Å²) in [5.74, 6) is 0.133. The van der Waals surface area contributed by atoms with Crippen molar-refractivity contribution in [1.29, 1.82) is 0 Å². The lowest BCUT2D eigenvalue weighted by atomic mass is 10.1. The topological polar surface area (TPSA) is 46.3 Å². The Labute approximate surface area is 79.6 Å². The number of nitrogens with zero attached hydrogens (tertiary/aromatic N) is 1. The van der Waals surface area contributed by atoms with Gasteiger partial charge in [0.25, 0.3) is 0 Å². The molecule has 1 amide bonds. The largest absolute Gasteiger partial charge is 0.339 e. The van der Waals surface area contributed by atoms with Gasteiger partial charge in [-0.15, -0.1) is 0 Å². The first-order chi connectivity index (χ1) is 6.24. The number of carbonyl (C=O) groups excluding carboxylic acids is 1. The third kappa shape index (κ3) is 3.19. The van der Waals surface area contributed by atoms with Crippen molar-refractivity contribution >= 4 is 5.91 Å². The summed E-state index contributed by atoms with van der Waals surface area (Å²) in [5, 5.41) is 0. The van der Waals surface area contributed by atoms with Crippen molar-refractivity contribution in [3.8, 4) is 0 Å². The van der Waals surface area contributed by atoms with E-state index in [0.717, 1.165) is 32.4 Å². The highest BCUT2D eigenvalue weighted by atomic mass is 16.2. The third-order valence-corrected chi connectivity index (χ3v) is 2.35. The summed E-state index contributed by atoms with van der Waals surface area (Å²) in [6, 6.07) is 0.291. The average Bonchev–Trinajstić information content (AvgIpc) is 2.15. The van der Waals surface area contributed by atoms with Gasteiger partial charge in [0.2, 0.25) is 5.91 Å². The van der Waals surface area contributed by atoms with E-state index in [1.165, 1.54) is 0 Å². The number of allylic oxidation sites excluding steroid dienone is 1. The Morgan fingerprint density at radius 3 is 2.69 bits per heavy atom. The number of amides is 1. The molecule has 0 aromatic carbocycles. The summed E-state index contributed by atoms with van der Waals surface area (Å²) < 4.78 is 0. The molecular formula is C10H18N2O. The second-order valence-corrected chi connectivity index (χ2v) is 3.47. The maximum atomic E-state index is 11.5. The fourth-order valence-corrected chi connectivity index (χ4v) is 1.44. The van der Waals surface area contributed by atoms with Crippen molar-refractivity contribution in [3.63, 3.8) is 0 Å². The summed E-state index contributed by atoms with van der Waals surface area (Å²) in [6.45, 7) is 3.65. The van der Waals surface area contributed by atoms with Gasteiger partial charge in [0, 0.05) is 19.1 Å². The van der Waals surface area contributed by atoms with E-state index in [2.05, 4.69) is 0 Å². The van der Waals surface area contributed by atoms with Crippen LogP contribution >= 0.6 is 0 Å². The van der Waals surface area contributed by atoms with Crippen molar-refractivity contribution in [2.24, 2.45) is 5.73 Å². The van der Waals surface area contributed by atoms with Crippen LogP contribution in [0.4, 0.5) is 0 Å². The highest BCUT2D eigenvalue weighted by molar-refractivity contribution is 5.87. The molecule has 0 atom stereocenters. The predicted molar refractivity (Wildman–Crippen MR) is 53.2 cm³/mol. The molecule has 2 N–H and O–H groups in total. The Morgan fingerprint density at radius 2 is 2.15 bits per heavy atom. The molecule has 74 valence electrons. The molecule has 1 heterocycles.